The first-order valence-electron chi connectivity index (χ1n) is 6.86. The smallest absolute Gasteiger partial charge is 0.123 e. The van der Waals surface area contributed by atoms with Gasteiger partial charge in [0.15, 0.2) is 0 Å². The summed E-state index contributed by atoms with van der Waals surface area (Å²) in [6, 6.07) is 13.9. The Labute approximate surface area is 112 Å². The Morgan fingerprint density at radius 3 is 2.68 bits per heavy atom. The van der Waals surface area contributed by atoms with Crippen LogP contribution in [0.5, 0.6) is 5.75 Å². The first-order valence-corrected chi connectivity index (χ1v) is 6.86. The Morgan fingerprint density at radius 1 is 1.05 bits per heavy atom. The molecule has 0 spiro atoms. The third kappa shape index (κ3) is 1.83. The molecular formula is C17H16O2. The van der Waals surface area contributed by atoms with Crippen LogP contribution in [0.15, 0.2) is 42.5 Å². The van der Waals surface area contributed by atoms with E-state index in [4.69, 9.17) is 4.74 Å². The summed E-state index contributed by atoms with van der Waals surface area (Å²) in [4.78, 5) is 0. The maximum atomic E-state index is 9.97. The number of fused-ring (bicyclic) bond motifs is 1. The second kappa shape index (κ2) is 4.10. The van der Waals surface area contributed by atoms with E-state index in [2.05, 4.69) is 18.2 Å². The number of hydrogen-bond acceptors (Lipinski definition) is 2. The zero-order valence-corrected chi connectivity index (χ0v) is 10.7. The molecule has 2 heteroatoms. The van der Waals surface area contributed by atoms with Gasteiger partial charge in [-0.1, -0.05) is 30.3 Å². The molecule has 0 saturated heterocycles. The van der Waals surface area contributed by atoms with Crippen LogP contribution in [0.2, 0.25) is 0 Å². The summed E-state index contributed by atoms with van der Waals surface area (Å²) in [5.41, 5.74) is 4.60. The van der Waals surface area contributed by atoms with Gasteiger partial charge >= 0.3 is 0 Å². The summed E-state index contributed by atoms with van der Waals surface area (Å²) in [5, 5.41) is 9.97. The second-order valence-corrected chi connectivity index (χ2v) is 5.50. The molecule has 2 aromatic carbocycles. The van der Waals surface area contributed by atoms with Crippen LogP contribution in [-0.4, -0.2) is 5.11 Å². The maximum Gasteiger partial charge on any atom is 0.123 e. The molecule has 2 aromatic rings. The highest BCUT2D eigenvalue weighted by molar-refractivity contribution is 5.71. The molecule has 1 atom stereocenters. The second-order valence-electron chi connectivity index (χ2n) is 5.50. The van der Waals surface area contributed by atoms with Crippen LogP contribution in [-0.2, 0) is 11.3 Å². The molecule has 1 N–H and O–H groups in total. The van der Waals surface area contributed by atoms with E-state index in [0.29, 0.717) is 11.7 Å². The fourth-order valence-electron chi connectivity index (χ4n) is 2.93. The van der Waals surface area contributed by atoms with Gasteiger partial charge in [-0.3, -0.25) is 0 Å². The third-order valence-electron chi connectivity index (χ3n) is 4.14. The first-order chi connectivity index (χ1) is 9.33. The molecule has 1 saturated carbocycles. The lowest BCUT2D eigenvalue weighted by Crippen LogP contribution is -1.98. The molecule has 2 aliphatic rings. The molecule has 1 fully saturated rings. The molecule has 1 heterocycles. The van der Waals surface area contributed by atoms with Gasteiger partial charge in [-0.15, -0.1) is 0 Å². The third-order valence-corrected chi connectivity index (χ3v) is 4.14. The van der Waals surface area contributed by atoms with E-state index in [9.17, 15) is 5.11 Å². The van der Waals surface area contributed by atoms with E-state index >= 15 is 0 Å². The molecule has 0 amide bonds. The van der Waals surface area contributed by atoms with Crippen molar-refractivity contribution in [2.75, 3.05) is 0 Å². The highest BCUT2D eigenvalue weighted by atomic mass is 16.5. The van der Waals surface area contributed by atoms with Crippen molar-refractivity contribution in [1.82, 2.24) is 0 Å². The summed E-state index contributed by atoms with van der Waals surface area (Å²) >= 11 is 0. The zero-order chi connectivity index (χ0) is 12.8. The topological polar surface area (TPSA) is 29.5 Å². The van der Waals surface area contributed by atoms with E-state index in [1.165, 1.54) is 24.0 Å². The number of para-hydroxylation sites is 1. The molecule has 1 aliphatic carbocycles. The highest BCUT2D eigenvalue weighted by Gasteiger charge is 2.37. The Kier molecular flexibility index (Phi) is 2.39. The lowest BCUT2D eigenvalue weighted by Gasteiger charge is -2.11. The SMILES string of the molecule is Oc1ccccc1-c1ccc2c(c1)C(C1CC1)OC2. The minimum absolute atomic E-state index is 0.279. The van der Waals surface area contributed by atoms with Crippen LogP contribution in [0.25, 0.3) is 11.1 Å². The van der Waals surface area contributed by atoms with Crippen LogP contribution in [0.3, 0.4) is 0 Å². The van der Waals surface area contributed by atoms with Crippen molar-refractivity contribution in [3.05, 3.63) is 53.6 Å². The van der Waals surface area contributed by atoms with Crippen molar-refractivity contribution in [3.8, 4) is 16.9 Å². The average molecular weight is 252 g/mol. The molecule has 0 bridgehead atoms. The number of aromatic hydroxyl groups is 1. The fourth-order valence-corrected chi connectivity index (χ4v) is 2.93. The largest absolute Gasteiger partial charge is 0.507 e. The van der Waals surface area contributed by atoms with E-state index in [1.54, 1.807) is 6.07 Å². The summed E-state index contributed by atoms with van der Waals surface area (Å²) in [6.07, 6.45) is 2.84. The predicted molar refractivity (Wildman–Crippen MR) is 73.8 cm³/mol. The molecule has 1 aliphatic heterocycles. The van der Waals surface area contributed by atoms with Gasteiger partial charge < -0.3 is 9.84 Å². The van der Waals surface area contributed by atoms with E-state index < -0.39 is 0 Å². The van der Waals surface area contributed by atoms with E-state index in [-0.39, 0.29) is 6.10 Å². The predicted octanol–water partition coefficient (Wildman–Crippen LogP) is 4.04. The Balaban J connectivity index is 1.79. The average Bonchev–Trinajstić information content (AvgIpc) is 3.19. The first kappa shape index (κ1) is 11.1. The summed E-state index contributed by atoms with van der Waals surface area (Å²) in [7, 11) is 0. The fraction of sp³-hybridized carbons (Fsp3) is 0.294. The van der Waals surface area contributed by atoms with Gasteiger partial charge in [0.25, 0.3) is 0 Å². The number of rotatable bonds is 2. The molecular weight excluding hydrogens is 236 g/mol. The van der Waals surface area contributed by atoms with Crippen molar-refractivity contribution in [2.24, 2.45) is 5.92 Å². The van der Waals surface area contributed by atoms with Gasteiger partial charge in [0.1, 0.15) is 5.75 Å². The van der Waals surface area contributed by atoms with Gasteiger partial charge in [-0.2, -0.15) is 0 Å². The molecule has 19 heavy (non-hydrogen) atoms. The van der Waals surface area contributed by atoms with Crippen molar-refractivity contribution in [1.29, 1.82) is 0 Å². The maximum absolute atomic E-state index is 9.97. The Bertz CT molecular complexity index is 629. The van der Waals surface area contributed by atoms with Crippen LogP contribution in [0.1, 0.15) is 30.1 Å². The van der Waals surface area contributed by atoms with Gasteiger partial charge in [0, 0.05) is 5.56 Å². The van der Waals surface area contributed by atoms with E-state index in [0.717, 1.165) is 17.7 Å². The minimum atomic E-state index is 0.279. The lowest BCUT2D eigenvalue weighted by atomic mass is 9.96. The van der Waals surface area contributed by atoms with Crippen molar-refractivity contribution < 1.29 is 9.84 Å². The standard InChI is InChI=1S/C17H16O2/c18-16-4-2-1-3-14(16)12-7-8-13-10-19-17(11-5-6-11)15(13)9-12/h1-4,7-9,11,17-18H,5-6,10H2. The quantitative estimate of drug-likeness (QED) is 0.874. The number of phenols is 1. The Morgan fingerprint density at radius 2 is 1.89 bits per heavy atom. The highest BCUT2D eigenvalue weighted by Crippen LogP contribution is 2.48. The number of hydrogen-bond donors (Lipinski definition) is 1. The monoisotopic (exact) mass is 252 g/mol. The van der Waals surface area contributed by atoms with Crippen LogP contribution >= 0.6 is 0 Å². The molecule has 2 nitrogen and oxygen atoms in total. The zero-order valence-electron chi connectivity index (χ0n) is 10.7. The molecule has 0 aromatic heterocycles. The van der Waals surface area contributed by atoms with Crippen molar-refractivity contribution in [2.45, 2.75) is 25.6 Å². The van der Waals surface area contributed by atoms with E-state index in [1.807, 2.05) is 18.2 Å². The summed E-state index contributed by atoms with van der Waals surface area (Å²) in [6.45, 7) is 0.734. The van der Waals surface area contributed by atoms with Crippen LogP contribution in [0, 0.1) is 5.92 Å². The van der Waals surface area contributed by atoms with Gasteiger partial charge in [-0.05, 0) is 47.6 Å². The number of ether oxygens (including phenoxy) is 1. The molecule has 96 valence electrons. The Hall–Kier alpha value is -1.80. The van der Waals surface area contributed by atoms with Crippen molar-refractivity contribution in [3.63, 3.8) is 0 Å². The lowest BCUT2D eigenvalue weighted by molar-refractivity contribution is 0.0507. The molecule has 1 unspecified atom stereocenters. The minimum Gasteiger partial charge on any atom is -0.507 e. The van der Waals surface area contributed by atoms with Gasteiger partial charge in [-0.25, -0.2) is 0 Å². The normalized spacial score (nSPS) is 21.4. The van der Waals surface area contributed by atoms with Crippen molar-refractivity contribution >= 4 is 0 Å². The molecule has 4 rings (SSSR count). The van der Waals surface area contributed by atoms with Crippen LogP contribution < -0.4 is 0 Å². The molecule has 0 radical (unpaired) electrons. The van der Waals surface area contributed by atoms with Crippen LogP contribution in [0.4, 0.5) is 0 Å². The summed E-state index contributed by atoms with van der Waals surface area (Å²) < 4.78 is 5.91. The van der Waals surface area contributed by atoms with Gasteiger partial charge in [0.2, 0.25) is 0 Å². The van der Waals surface area contributed by atoms with Gasteiger partial charge in [0.05, 0.1) is 12.7 Å². The number of benzene rings is 2. The summed E-state index contributed by atoms with van der Waals surface area (Å²) in [5.74, 6) is 1.05. The number of phenolic OH excluding ortho intramolecular Hbond substituents is 1.